The molecule has 8 heteroatoms. The second kappa shape index (κ2) is 8.70. The summed E-state index contributed by atoms with van der Waals surface area (Å²) in [6.45, 7) is 3.03. The summed E-state index contributed by atoms with van der Waals surface area (Å²) in [6.07, 6.45) is 5.19. The average molecular weight is 368 g/mol. The van der Waals surface area contributed by atoms with Gasteiger partial charge in [-0.1, -0.05) is 19.8 Å². The Morgan fingerprint density at radius 3 is 2.27 bits per heavy atom. The van der Waals surface area contributed by atoms with Crippen molar-refractivity contribution in [3.63, 3.8) is 0 Å². The summed E-state index contributed by atoms with van der Waals surface area (Å²) in [7, 11) is 3.52. The molecule has 2 aliphatic carbocycles. The van der Waals surface area contributed by atoms with Crippen LogP contribution in [0.2, 0.25) is 0 Å². The lowest BCUT2D eigenvalue weighted by molar-refractivity contribution is -0.140. The van der Waals surface area contributed by atoms with E-state index in [1.54, 1.807) is 19.0 Å². The monoisotopic (exact) mass is 368 g/mol. The number of aliphatic carboxylic acids is 1. The number of nitrogens with one attached hydrogen (secondary N) is 2. The van der Waals surface area contributed by atoms with Crippen molar-refractivity contribution in [2.24, 2.45) is 5.41 Å². The van der Waals surface area contributed by atoms with Crippen molar-refractivity contribution >= 4 is 17.9 Å². The SMILES string of the molecule is CCN(CC(=O)O)C1CC(NC(=O)NCC2(C(=O)N(C)C)CCCC2)C1. The smallest absolute Gasteiger partial charge is 0.317 e. The van der Waals surface area contributed by atoms with Crippen LogP contribution in [0.3, 0.4) is 0 Å². The predicted molar refractivity (Wildman–Crippen MR) is 97.8 cm³/mol. The molecule has 0 aromatic heterocycles. The highest BCUT2D eigenvalue weighted by Gasteiger charge is 2.42. The van der Waals surface area contributed by atoms with Gasteiger partial charge in [-0.25, -0.2) is 4.79 Å². The molecule has 0 unspecified atom stereocenters. The standard InChI is InChI=1S/C18H32N4O4/c1-4-22(11-15(23)24)14-9-13(10-14)20-17(26)19-12-18(7-5-6-8-18)16(25)21(2)3/h13-14H,4-12H2,1-3H3,(H,23,24)(H2,19,20,26). The van der Waals surface area contributed by atoms with Crippen molar-refractivity contribution in [3.8, 4) is 0 Å². The number of nitrogens with zero attached hydrogens (tertiary/aromatic N) is 2. The summed E-state index contributed by atoms with van der Waals surface area (Å²) in [4.78, 5) is 39.1. The Morgan fingerprint density at radius 2 is 1.77 bits per heavy atom. The van der Waals surface area contributed by atoms with Crippen molar-refractivity contribution < 1.29 is 19.5 Å². The fourth-order valence-electron chi connectivity index (χ4n) is 4.15. The molecule has 0 radical (unpaired) electrons. The Bertz CT molecular complexity index is 525. The third kappa shape index (κ3) is 4.87. The van der Waals surface area contributed by atoms with Crippen LogP contribution < -0.4 is 10.6 Å². The first kappa shape index (κ1) is 20.5. The number of hydrogen-bond acceptors (Lipinski definition) is 4. The topological polar surface area (TPSA) is 102 Å². The Kier molecular flexibility index (Phi) is 6.86. The molecule has 0 bridgehead atoms. The normalized spacial score (nSPS) is 24.0. The Balaban J connectivity index is 1.76. The quantitative estimate of drug-likeness (QED) is 0.590. The molecule has 148 valence electrons. The van der Waals surface area contributed by atoms with Gasteiger partial charge >= 0.3 is 12.0 Å². The largest absolute Gasteiger partial charge is 0.480 e. The van der Waals surface area contributed by atoms with E-state index < -0.39 is 11.4 Å². The Morgan fingerprint density at radius 1 is 1.15 bits per heavy atom. The van der Waals surface area contributed by atoms with Crippen molar-refractivity contribution in [3.05, 3.63) is 0 Å². The zero-order valence-electron chi connectivity index (χ0n) is 16.1. The van der Waals surface area contributed by atoms with Gasteiger partial charge in [0.1, 0.15) is 0 Å². The van der Waals surface area contributed by atoms with Gasteiger partial charge in [0.15, 0.2) is 0 Å². The number of carboxylic acid groups (broad SMARTS) is 1. The van der Waals surface area contributed by atoms with E-state index in [4.69, 9.17) is 5.11 Å². The first-order valence-corrected chi connectivity index (χ1v) is 9.49. The van der Waals surface area contributed by atoms with Crippen LogP contribution >= 0.6 is 0 Å². The highest BCUT2D eigenvalue weighted by atomic mass is 16.4. The van der Waals surface area contributed by atoms with E-state index in [2.05, 4.69) is 10.6 Å². The molecule has 0 aromatic rings. The summed E-state index contributed by atoms with van der Waals surface area (Å²) in [5, 5.41) is 14.7. The van der Waals surface area contributed by atoms with E-state index in [1.807, 2.05) is 11.8 Å². The highest BCUT2D eigenvalue weighted by molar-refractivity contribution is 5.84. The first-order valence-electron chi connectivity index (χ1n) is 9.49. The van der Waals surface area contributed by atoms with Gasteiger partial charge in [-0.15, -0.1) is 0 Å². The van der Waals surface area contributed by atoms with Gasteiger partial charge in [-0.05, 0) is 32.2 Å². The lowest BCUT2D eigenvalue weighted by atomic mass is 9.84. The molecule has 2 rings (SSSR count). The maximum absolute atomic E-state index is 12.5. The molecular weight excluding hydrogens is 336 g/mol. The fraction of sp³-hybridized carbons (Fsp3) is 0.833. The number of amides is 3. The number of carboxylic acids is 1. The van der Waals surface area contributed by atoms with Crippen LogP contribution in [0.15, 0.2) is 0 Å². The molecule has 0 aromatic carbocycles. The Labute approximate surface area is 155 Å². The molecule has 3 N–H and O–H groups in total. The molecule has 0 spiro atoms. The number of urea groups is 1. The molecule has 8 nitrogen and oxygen atoms in total. The van der Waals surface area contributed by atoms with Crippen molar-refractivity contribution in [1.82, 2.24) is 20.4 Å². The molecule has 2 saturated carbocycles. The van der Waals surface area contributed by atoms with Crippen LogP contribution in [0.5, 0.6) is 0 Å². The van der Waals surface area contributed by atoms with E-state index in [0.29, 0.717) is 13.1 Å². The lowest BCUT2D eigenvalue weighted by Crippen LogP contribution is -2.57. The molecule has 0 aliphatic heterocycles. The Hall–Kier alpha value is -1.83. The zero-order chi connectivity index (χ0) is 19.3. The number of rotatable bonds is 8. The summed E-state index contributed by atoms with van der Waals surface area (Å²) in [5.41, 5.74) is -0.469. The van der Waals surface area contributed by atoms with E-state index >= 15 is 0 Å². The second-order valence-electron chi connectivity index (χ2n) is 7.79. The molecular formula is C18H32N4O4. The number of carbonyl (C=O) groups is 3. The van der Waals surface area contributed by atoms with Crippen LogP contribution in [0.1, 0.15) is 45.4 Å². The van der Waals surface area contributed by atoms with Gasteiger partial charge in [0.2, 0.25) is 5.91 Å². The summed E-state index contributed by atoms with van der Waals surface area (Å²) in [5.74, 6) is -0.736. The minimum Gasteiger partial charge on any atom is -0.480 e. The van der Waals surface area contributed by atoms with Gasteiger partial charge < -0.3 is 20.6 Å². The van der Waals surface area contributed by atoms with E-state index in [1.165, 1.54) is 0 Å². The van der Waals surface area contributed by atoms with Crippen LogP contribution in [0.4, 0.5) is 4.79 Å². The van der Waals surface area contributed by atoms with Gasteiger partial charge in [0.05, 0.1) is 12.0 Å². The van der Waals surface area contributed by atoms with E-state index in [9.17, 15) is 14.4 Å². The number of carbonyl (C=O) groups excluding carboxylic acids is 2. The summed E-state index contributed by atoms with van der Waals surface area (Å²) < 4.78 is 0. The number of hydrogen-bond donors (Lipinski definition) is 3. The maximum atomic E-state index is 12.5. The highest BCUT2D eigenvalue weighted by Crippen LogP contribution is 2.38. The molecule has 2 fully saturated rings. The molecule has 3 amide bonds. The van der Waals surface area contributed by atoms with Crippen molar-refractivity contribution in [2.45, 2.75) is 57.5 Å². The molecule has 0 atom stereocenters. The molecule has 2 aliphatic rings. The molecule has 0 saturated heterocycles. The van der Waals surface area contributed by atoms with Crippen molar-refractivity contribution in [1.29, 1.82) is 0 Å². The van der Waals surface area contributed by atoms with Gasteiger partial charge in [-0.2, -0.15) is 0 Å². The van der Waals surface area contributed by atoms with Crippen LogP contribution in [0, 0.1) is 5.41 Å². The maximum Gasteiger partial charge on any atom is 0.317 e. The lowest BCUT2D eigenvalue weighted by Gasteiger charge is -2.42. The van der Waals surface area contributed by atoms with Gasteiger partial charge in [-0.3, -0.25) is 14.5 Å². The van der Waals surface area contributed by atoms with Gasteiger partial charge in [0, 0.05) is 32.7 Å². The van der Waals surface area contributed by atoms with Crippen molar-refractivity contribution in [2.75, 3.05) is 33.7 Å². The fourth-order valence-corrected chi connectivity index (χ4v) is 4.15. The van der Waals surface area contributed by atoms with E-state index in [0.717, 1.165) is 38.5 Å². The van der Waals surface area contributed by atoms with Crippen LogP contribution in [-0.2, 0) is 9.59 Å². The van der Waals surface area contributed by atoms with Gasteiger partial charge in [0.25, 0.3) is 0 Å². The zero-order valence-corrected chi connectivity index (χ0v) is 16.1. The third-order valence-corrected chi connectivity index (χ3v) is 5.72. The average Bonchev–Trinajstić information content (AvgIpc) is 3.03. The summed E-state index contributed by atoms with van der Waals surface area (Å²) >= 11 is 0. The first-order chi connectivity index (χ1) is 12.3. The molecule has 0 heterocycles. The number of likely N-dealkylation sites (N-methyl/N-ethyl adjacent to an activating group) is 1. The van der Waals surface area contributed by atoms with Crippen LogP contribution in [-0.4, -0.2) is 78.6 Å². The second-order valence-corrected chi connectivity index (χ2v) is 7.79. The van der Waals surface area contributed by atoms with E-state index in [-0.39, 0.29) is 30.6 Å². The predicted octanol–water partition coefficient (Wildman–Crippen LogP) is 0.872. The summed E-state index contributed by atoms with van der Waals surface area (Å²) in [6, 6.07) is 0.0254. The van der Waals surface area contributed by atoms with Crippen LogP contribution in [0.25, 0.3) is 0 Å². The molecule has 26 heavy (non-hydrogen) atoms. The minimum absolute atomic E-state index is 0.0370. The minimum atomic E-state index is -0.826. The third-order valence-electron chi connectivity index (χ3n) is 5.72.